The first kappa shape index (κ1) is 22.4. The summed E-state index contributed by atoms with van der Waals surface area (Å²) in [7, 11) is -2.71. The Kier molecular flexibility index (Phi) is 6.93. The molecule has 1 atom stereocenters. The lowest BCUT2D eigenvalue weighted by Crippen LogP contribution is -2.42. The number of carbonyl (C=O) groups is 3. The number of ether oxygens (including phenoxy) is 2. The maximum absolute atomic E-state index is 12.6. The summed E-state index contributed by atoms with van der Waals surface area (Å²) >= 11 is 0. The molecular formula is C16H23N3O7S. The molecule has 3 amide bonds. The van der Waals surface area contributed by atoms with Crippen molar-refractivity contribution in [3.8, 4) is 5.75 Å². The number of hydrogen-bond acceptors (Lipinski definition) is 7. The van der Waals surface area contributed by atoms with Crippen molar-refractivity contribution < 1.29 is 32.3 Å². The van der Waals surface area contributed by atoms with E-state index in [1.165, 1.54) is 26.2 Å². The predicted octanol–water partition coefficient (Wildman–Crippen LogP) is 0.512. The highest BCUT2D eigenvalue weighted by atomic mass is 32.2. The third-order valence-electron chi connectivity index (χ3n) is 3.03. The van der Waals surface area contributed by atoms with Gasteiger partial charge in [0.15, 0.2) is 6.10 Å². The number of nitrogens with one attached hydrogen (secondary N) is 2. The molecule has 0 aliphatic heterocycles. The van der Waals surface area contributed by atoms with E-state index in [4.69, 9.17) is 15.2 Å². The predicted molar refractivity (Wildman–Crippen MR) is 95.7 cm³/mol. The number of primary amides is 1. The second-order valence-electron chi connectivity index (χ2n) is 6.62. The van der Waals surface area contributed by atoms with Crippen LogP contribution >= 0.6 is 0 Å². The Morgan fingerprint density at radius 2 is 1.78 bits per heavy atom. The fraction of sp³-hybridized carbons (Fsp3) is 0.438. The van der Waals surface area contributed by atoms with Crippen LogP contribution in [0.5, 0.6) is 5.75 Å². The second kappa shape index (κ2) is 8.35. The molecule has 10 nitrogen and oxygen atoms in total. The molecule has 0 aromatic heterocycles. The van der Waals surface area contributed by atoms with E-state index in [-0.39, 0.29) is 16.2 Å². The summed E-state index contributed by atoms with van der Waals surface area (Å²) in [4.78, 5) is 34.2. The van der Waals surface area contributed by atoms with Gasteiger partial charge in [0.2, 0.25) is 10.0 Å². The number of amides is 3. The summed E-state index contributed by atoms with van der Waals surface area (Å²) in [6, 6.07) is 2.57. The van der Waals surface area contributed by atoms with Crippen LogP contribution in [-0.4, -0.2) is 45.1 Å². The molecule has 150 valence electrons. The number of sulfonamides is 1. The number of methoxy groups -OCH3 is 1. The highest BCUT2D eigenvalue weighted by molar-refractivity contribution is 7.89. The van der Waals surface area contributed by atoms with Gasteiger partial charge < -0.3 is 15.2 Å². The highest BCUT2D eigenvalue weighted by Crippen LogP contribution is 2.26. The zero-order valence-electron chi connectivity index (χ0n) is 15.7. The van der Waals surface area contributed by atoms with Crippen LogP contribution in [0.2, 0.25) is 0 Å². The topological polar surface area (TPSA) is 154 Å². The maximum Gasteiger partial charge on any atom is 0.338 e. The number of carbonyl (C=O) groups excluding carboxylic acids is 3. The zero-order chi connectivity index (χ0) is 21.0. The number of urea groups is 1. The van der Waals surface area contributed by atoms with Crippen LogP contribution in [0, 0.1) is 0 Å². The fourth-order valence-electron chi connectivity index (χ4n) is 1.98. The van der Waals surface area contributed by atoms with Gasteiger partial charge in [0, 0.05) is 5.54 Å². The van der Waals surface area contributed by atoms with Gasteiger partial charge in [-0.15, -0.1) is 0 Å². The van der Waals surface area contributed by atoms with Crippen molar-refractivity contribution in [3.05, 3.63) is 23.8 Å². The van der Waals surface area contributed by atoms with Gasteiger partial charge in [0.05, 0.1) is 12.7 Å². The summed E-state index contributed by atoms with van der Waals surface area (Å²) in [6.07, 6.45) is -1.32. The monoisotopic (exact) mass is 401 g/mol. The van der Waals surface area contributed by atoms with Crippen LogP contribution in [0.15, 0.2) is 23.1 Å². The van der Waals surface area contributed by atoms with Gasteiger partial charge in [0.25, 0.3) is 5.91 Å². The molecule has 1 rings (SSSR count). The summed E-state index contributed by atoms with van der Waals surface area (Å²) in [5.74, 6) is -1.84. The van der Waals surface area contributed by atoms with Crippen LogP contribution in [0.3, 0.4) is 0 Å². The van der Waals surface area contributed by atoms with Gasteiger partial charge in [-0.25, -0.2) is 22.7 Å². The number of rotatable bonds is 6. The Hall–Kier alpha value is -2.66. The Morgan fingerprint density at radius 1 is 1.19 bits per heavy atom. The van der Waals surface area contributed by atoms with E-state index < -0.39 is 39.6 Å². The Balaban J connectivity index is 3.16. The minimum Gasteiger partial charge on any atom is -0.495 e. The van der Waals surface area contributed by atoms with Crippen LogP contribution in [0.4, 0.5) is 4.79 Å². The molecule has 0 saturated heterocycles. The van der Waals surface area contributed by atoms with E-state index in [0.717, 1.165) is 6.07 Å². The maximum atomic E-state index is 12.6. The van der Waals surface area contributed by atoms with E-state index >= 15 is 0 Å². The van der Waals surface area contributed by atoms with Gasteiger partial charge in [-0.2, -0.15) is 0 Å². The van der Waals surface area contributed by atoms with Crippen molar-refractivity contribution >= 4 is 27.9 Å². The number of esters is 1. The average Bonchev–Trinajstić information content (AvgIpc) is 2.51. The molecule has 0 spiro atoms. The molecule has 0 bridgehead atoms. The fourth-order valence-corrected chi connectivity index (χ4v) is 3.59. The average molecular weight is 401 g/mol. The van der Waals surface area contributed by atoms with Crippen LogP contribution in [0.1, 0.15) is 38.1 Å². The third-order valence-corrected chi connectivity index (χ3v) is 4.81. The number of imide groups is 1. The van der Waals surface area contributed by atoms with Gasteiger partial charge in [-0.1, -0.05) is 0 Å². The first-order valence-corrected chi connectivity index (χ1v) is 9.28. The zero-order valence-corrected chi connectivity index (χ0v) is 16.5. The third kappa shape index (κ3) is 6.53. The minimum absolute atomic E-state index is 0.0304. The standard InChI is InChI=1S/C16H23N3O7S/c1-9(13(20)18-15(17)22)26-14(21)10-6-7-11(25-5)12(8-10)27(23,24)19-16(2,3)4/h6-9,19H,1-5H3,(H3,17,18,20,22). The molecule has 1 aromatic rings. The van der Waals surface area contributed by atoms with Crippen molar-refractivity contribution in [1.29, 1.82) is 0 Å². The van der Waals surface area contributed by atoms with Crippen LogP contribution in [0.25, 0.3) is 0 Å². The normalized spacial score (nSPS) is 12.8. The van der Waals surface area contributed by atoms with E-state index in [2.05, 4.69) is 4.72 Å². The summed E-state index contributed by atoms with van der Waals surface area (Å²) in [5.41, 5.74) is 3.94. The number of benzene rings is 1. The van der Waals surface area contributed by atoms with E-state index in [0.29, 0.717) is 0 Å². The lowest BCUT2D eigenvalue weighted by Gasteiger charge is -2.21. The molecule has 27 heavy (non-hydrogen) atoms. The van der Waals surface area contributed by atoms with Crippen molar-refractivity contribution in [1.82, 2.24) is 10.0 Å². The molecule has 0 saturated carbocycles. The first-order chi connectivity index (χ1) is 12.3. The van der Waals surface area contributed by atoms with E-state index in [9.17, 15) is 22.8 Å². The number of nitrogens with two attached hydrogens (primary N) is 1. The summed E-state index contributed by atoms with van der Waals surface area (Å²) < 4.78 is 37.6. The largest absolute Gasteiger partial charge is 0.495 e. The van der Waals surface area contributed by atoms with E-state index in [1.807, 2.05) is 0 Å². The molecule has 0 aliphatic rings. The Bertz CT molecular complexity index is 844. The SMILES string of the molecule is COc1ccc(C(=O)OC(C)C(=O)NC(N)=O)cc1S(=O)(=O)NC(C)(C)C. The molecule has 1 aromatic carbocycles. The molecule has 0 heterocycles. The van der Waals surface area contributed by atoms with Crippen molar-refractivity contribution in [3.63, 3.8) is 0 Å². The van der Waals surface area contributed by atoms with E-state index in [1.54, 1.807) is 26.1 Å². The molecule has 0 radical (unpaired) electrons. The molecule has 1 unspecified atom stereocenters. The Labute approximate surface area is 157 Å². The van der Waals surface area contributed by atoms with Gasteiger partial charge in [0.1, 0.15) is 10.6 Å². The van der Waals surface area contributed by atoms with Crippen LogP contribution in [-0.2, 0) is 19.6 Å². The quantitative estimate of drug-likeness (QED) is 0.587. The van der Waals surface area contributed by atoms with Gasteiger partial charge in [-0.3, -0.25) is 10.1 Å². The molecular weight excluding hydrogens is 378 g/mol. The lowest BCUT2D eigenvalue weighted by atomic mass is 10.1. The molecule has 0 fully saturated rings. The van der Waals surface area contributed by atoms with Gasteiger partial charge >= 0.3 is 12.0 Å². The number of hydrogen-bond donors (Lipinski definition) is 3. The van der Waals surface area contributed by atoms with Gasteiger partial charge in [-0.05, 0) is 45.9 Å². The second-order valence-corrected chi connectivity index (χ2v) is 8.27. The van der Waals surface area contributed by atoms with Crippen molar-refractivity contribution in [2.75, 3.05) is 7.11 Å². The smallest absolute Gasteiger partial charge is 0.338 e. The first-order valence-electron chi connectivity index (χ1n) is 7.80. The van der Waals surface area contributed by atoms with Crippen molar-refractivity contribution in [2.45, 2.75) is 44.2 Å². The minimum atomic E-state index is -4.00. The Morgan fingerprint density at radius 3 is 2.26 bits per heavy atom. The lowest BCUT2D eigenvalue weighted by molar-refractivity contribution is -0.127. The summed E-state index contributed by atoms with van der Waals surface area (Å²) in [6.45, 7) is 6.22. The van der Waals surface area contributed by atoms with Crippen LogP contribution < -0.4 is 20.5 Å². The summed E-state index contributed by atoms with van der Waals surface area (Å²) in [5, 5.41) is 1.78. The molecule has 0 aliphatic carbocycles. The van der Waals surface area contributed by atoms with Crippen molar-refractivity contribution in [2.24, 2.45) is 5.73 Å². The molecule has 11 heteroatoms. The molecule has 4 N–H and O–H groups in total. The highest BCUT2D eigenvalue weighted by Gasteiger charge is 2.27.